The first-order chi connectivity index (χ1) is 18.3. The Kier molecular flexibility index (Phi) is 5.91. The van der Waals surface area contributed by atoms with Gasteiger partial charge in [-0.1, -0.05) is 54.6 Å². The first-order valence-electron chi connectivity index (χ1n) is 12.5. The Bertz CT molecular complexity index is 1790. The highest BCUT2D eigenvalue weighted by Gasteiger charge is 2.25. The number of rotatable bonds is 6. The molecule has 2 aromatic heterocycles. The van der Waals surface area contributed by atoms with Gasteiger partial charge >= 0.3 is 0 Å². The van der Waals surface area contributed by atoms with Crippen LogP contribution in [0.3, 0.4) is 0 Å². The number of carbonyl (C=O) groups is 1. The Balaban J connectivity index is 1.32. The zero-order valence-corrected chi connectivity index (χ0v) is 22.0. The number of carbonyl (C=O) groups excluding carboxylic acids is 1. The molecule has 1 aliphatic carbocycles. The highest BCUT2D eigenvalue weighted by atomic mass is 32.2. The minimum Gasteiger partial charge on any atom is -0.456 e. The topological polar surface area (TPSA) is 94.2 Å². The van der Waals surface area contributed by atoms with E-state index in [1.165, 1.54) is 11.8 Å². The summed E-state index contributed by atoms with van der Waals surface area (Å²) in [6.45, 7) is 2.14. The molecule has 0 saturated heterocycles. The zero-order chi connectivity index (χ0) is 26.4. The van der Waals surface area contributed by atoms with E-state index in [4.69, 9.17) is 4.42 Å². The average Bonchev–Trinajstić information content (AvgIpc) is 3.61. The van der Waals surface area contributed by atoms with Crippen molar-refractivity contribution in [1.82, 2.24) is 15.1 Å². The van der Waals surface area contributed by atoms with Crippen LogP contribution in [0.4, 0.5) is 0 Å². The van der Waals surface area contributed by atoms with Crippen molar-refractivity contribution in [3.05, 3.63) is 107 Å². The number of sulfone groups is 1. The fourth-order valence-electron chi connectivity index (χ4n) is 5.15. The number of aryl methyl sites for hydroxylation is 2. The molecule has 1 atom stereocenters. The summed E-state index contributed by atoms with van der Waals surface area (Å²) >= 11 is 0. The van der Waals surface area contributed by atoms with Crippen LogP contribution in [0.5, 0.6) is 0 Å². The Labute approximate surface area is 221 Å². The summed E-state index contributed by atoms with van der Waals surface area (Å²) in [6, 6.07) is 24.7. The largest absolute Gasteiger partial charge is 0.456 e. The molecule has 0 spiro atoms. The maximum Gasteiger partial charge on any atom is 0.272 e. The molecule has 1 aliphatic rings. The first kappa shape index (κ1) is 24.2. The van der Waals surface area contributed by atoms with E-state index in [1.54, 1.807) is 22.9 Å². The summed E-state index contributed by atoms with van der Waals surface area (Å²) in [5.41, 5.74) is 5.71. The van der Waals surface area contributed by atoms with E-state index in [9.17, 15) is 13.2 Å². The number of hydrogen-bond donors (Lipinski definition) is 1. The van der Waals surface area contributed by atoms with Gasteiger partial charge in [0.15, 0.2) is 9.84 Å². The quantitative estimate of drug-likeness (QED) is 0.317. The van der Waals surface area contributed by atoms with Crippen LogP contribution in [-0.2, 0) is 22.8 Å². The molecule has 5 aromatic rings. The van der Waals surface area contributed by atoms with E-state index in [-0.39, 0.29) is 23.4 Å². The molecule has 1 amide bonds. The lowest BCUT2D eigenvalue weighted by Crippen LogP contribution is -2.27. The van der Waals surface area contributed by atoms with Crippen molar-refractivity contribution < 1.29 is 17.6 Å². The molecule has 7 nitrogen and oxygen atoms in total. The number of fused-ring (bicyclic) bond motifs is 2. The molecule has 192 valence electrons. The highest BCUT2D eigenvalue weighted by molar-refractivity contribution is 7.90. The molecule has 1 unspecified atom stereocenters. The fraction of sp³-hybridized carbons (Fsp3) is 0.200. The molecule has 2 heterocycles. The van der Waals surface area contributed by atoms with Gasteiger partial charge in [0.1, 0.15) is 17.0 Å². The van der Waals surface area contributed by atoms with Gasteiger partial charge in [-0.05, 0) is 55.2 Å². The summed E-state index contributed by atoms with van der Waals surface area (Å²) in [5.74, 6) is 0.426. The van der Waals surface area contributed by atoms with Crippen molar-refractivity contribution in [2.75, 3.05) is 6.26 Å². The van der Waals surface area contributed by atoms with E-state index in [2.05, 4.69) is 22.5 Å². The summed E-state index contributed by atoms with van der Waals surface area (Å²) in [6.07, 6.45) is 3.00. The van der Waals surface area contributed by atoms with Gasteiger partial charge in [-0.25, -0.2) is 8.42 Å². The van der Waals surface area contributed by atoms with Gasteiger partial charge in [0.25, 0.3) is 5.91 Å². The Morgan fingerprint density at radius 2 is 1.82 bits per heavy atom. The highest BCUT2D eigenvalue weighted by Crippen LogP contribution is 2.33. The van der Waals surface area contributed by atoms with Gasteiger partial charge in [-0.15, -0.1) is 0 Å². The second-order valence-corrected chi connectivity index (χ2v) is 11.9. The Morgan fingerprint density at radius 1 is 1.05 bits per heavy atom. The van der Waals surface area contributed by atoms with E-state index in [0.29, 0.717) is 28.0 Å². The molecule has 8 heteroatoms. The number of nitrogens with zero attached hydrogens (tertiary/aromatic N) is 2. The van der Waals surface area contributed by atoms with Crippen LogP contribution in [0.15, 0.2) is 88.2 Å². The maximum absolute atomic E-state index is 13.1. The molecule has 0 radical (unpaired) electrons. The van der Waals surface area contributed by atoms with E-state index in [0.717, 1.165) is 29.7 Å². The second-order valence-electron chi connectivity index (χ2n) is 9.84. The fourth-order valence-corrected chi connectivity index (χ4v) is 5.85. The van der Waals surface area contributed by atoms with Crippen LogP contribution in [0.2, 0.25) is 0 Å². The van der Waals surface area contributed by atoms with Crippen molar-refractivity contribution >= 4 is 26.7 Å². The van der Waals surface area contributed by atoms with Crippen molar-refractivity contribution in [2.45, 2.75) is 37.2 Å². The molecule has 0 fully saturated rings. The zero-order valence-electron chi connectivity index (χ0n) is 21.1. The Hall–Kier alpha value is -4.17. The Morgan fingerprint density at radius 3 is 2.61 bits per heavy atom. The van der Waals surface area contributed by atoms with Gasteiger partial charge < -0.3 is 9.73 Å². The molecule has 0 saturated carbocycles. The lowest BCUT2D eigenvalue weighted by Gasteiger charge is -2.13. The van der Waals surface area contributed by atoms with Crippen LogP contribution in [0.1, 0.15) is 45.3 Å². The normalized spacial score (nSPS) is 15.1. The SMILES string of the molecule is Cc1cc(C(=O)NC2CCc3ccccc32)nn1Cc1cc(S(C)(=O)=O)cc2cc(-c3ccccc3)oc12. The van der Waals surface area contributed by atoms with Crippen LogP contribution in [-0.4, -0.2) is 30.4 Å². The summed E-state index contributed by atoms with van der Waals surface area (Å²) in [4.78, 5) is 13.3. The second kappa shape index (κ2) is 9.29. The lowest BCUT2D eigenvalue weighted by atomic mass is 10.1. The van der Waals surface area contributed by atoms with E-state index >= 15 is 0 Å². The third-order valence-corrected chi connectivity index (χ3v) is 8.22. The predicted octanol–water partition coefficient (Wildman–Crippen LogP) is 5.47. The number of hydrogen-bond acceptors (Lipinski definition) is 5. The molecule has 1 N–H and O–H groups in total. The molecule has 3 aromatic carbocycles. The van der Waals surface area contributed by atoms with Crippen molar-refractivity contribution in [3.63, 3.8) is 0 Å². The number of nitrogens with one attached hydrogen (secondary N) is 1. The van der Waals surface area contributed by atoms with Crippen molar-refractivity contribution in [3.8, 4) is 11.3 Å². The smallest absolute Gasteiger partial charge is 0.272 e. The van der Waals surface area contributed by atoms with Gasteiger partial charge in [0.2, 0.25) is 0 Å². The minimum atomic E-state index is -3.46. The molecule has 0 bridgehead atoms. The van der Waals surface area contributed by atoms with Gasteiger partial charge in [0, 0.05) is 28.5 Å². The molecular weight excluding hydrogens is 498 g/mol. The molecule has 38 heavy (non-hydrogen) atoms. The number of furan rings is 1. The minimum absolute atomic E-state index is 0.0326. The van der Waals surface area contributed by atoms with Gasteiger partial charge in [-0.2, -0.15) is 5.10 Å². The molecular formula is C30H27N3O4S. The standard InChI is InChI=1S/C30H27N3O4S/c1-19-14-27(30(34)31-26-13-12-20-8-6-7-11-25(20)26)32-33(19)18-23-16-24(38(2,35)36)15-22-17-28(37-29(22)23)21-9-4-3-5-10-21/h3-11,14-17,26H,12-13,18H2,1-2H3,(H,31,34). The summed E-state index contributed by atoms with van der Waals surface area (Å²) < 4.78 is 32.9. The van der Waals surface area contributed by atoms with Gasteiger partial charge in [-0.3, -0.25) is 9.48 Å². The predicted molar refractivity (Wildman–Crippen MR) is 146 cm³/mol. The van der Waals surface area contributed by atoms with E-state index < -0.39 is 9.84 Å². The third-order valence-electron chi connectivity index (χ3n) is 7.13. The first-order valence-corrected chi connectivity index (χ1v) is 14.4. The summed E-state index contributed by atoms with van der Waals surface area (Å²) in [5, 5.41) is 8.40. The molecule has 0 aliphatic heterocycles. The molecule has 6 rings (SSSR count). The van der Waals surface area contributed by atoms with Crippen molar-refractivity contribution in [1.29, 1.82) is 0 Å². The van der Waals surface area contributed by atoms with Crippen LogP contribution < -0.4 is 5.32 Å². The maximum atomic E-state index is 13.1. The average molecular weight is 526 g/mol. The monoisotopic (exact) mass is 525 g/mol. The van der Waals surface area contributed by atoms with Crippen LogP contribution >= 0.6 is 0 Å². The van der Waals surface area contributed by atoms with Crippen LogP contribution in [0, 0.1) is 6.92 Å². The number of amides is 1. The third kappa shape index (κ3) is 4.52. The summed E-state index contributed by atoms with van der Waals surface area (Å²) in [7, 11) is -3.46. The lowest BCUT2D eigenvalue weighted by molar-refractivity contribution is 0.0931. The number of benzene rings is 3. The van der Waals surface area contributed by atoms with E-state index in [1.807, 2.05) is 55.5 Å². The number of aromatic nitrogens is 2. The van der Waals surface area contributed by atoms with Gasteiger partial charge in [0.05, 0.1) is 17.5 Å². The van der Waals surface area contributed by atoms with Crippen LogP contribution in [0.25, 0.3) is 22.3 Å². The van der Waals surface area contributed by atoms with Crippen molar-refractivity contribution in [2.24, 2.45) is 0 Å².